The van der Waals surface area contributed by atoms with Crippen molar-refractivity contribution in [2.45, 2.75) is 12.8 Å². The molecular weight excluding hydrogens is 196 g/mol. The van der Waals surface area contributed by atoms with Crippen molar-refractivity contribution in [1.29, 1.82) is 0 Å². The van der Waals surface area contributed by atoms with Crippen LogP contribution in [0.2, 0.25) is 0 Å². The van der Waals surface area contributed by atoms with Gasteiger partial charge in [-0.2, -0.15) is 8.42 Å². The molecule has 0 atom stereocenters. The highest BCUT2D eigenvalue weighted by Gasteiger charge is 2.36. The van der Waals surface area contributed by atoms with Crippen LogP contribution in [-0.2, 0) is 14.9 Å². The van der Waals surface area contributed by atoms with E-state index in [1.54, 1.807) is 0 Å². The minimum atomic E-state index is -4.01. The third-order valence-corrected chi connectivity index (χ3v) is 3.35. The minimum Gasteiger partial charge on any atom is -0.396 e. The summed E-state index contributed by atoms with van der Waals surface area (Å²) in [7, 11) is -4.01. The molecule has 0 radical (unpaired) electrons. The molecule has 0 unspecified atom stereocenters. The Morgan fingerprint density at radius 2 is 1.85 bits per heavy atom. The first-order chi connectivity index (χ1) is 5.97. The van der Waals surface area contributed by atoms with Crippen LogP contribution >= 0.6 is 0 Å². The fourth-order valence-electron chi connectivity index (χ4n) is 1.54. The smallest absolute Gasteiger partial charge is 0.265 e. The molecular formula is C7H14O5S. The lowest BCUT2D eigenvalue weighted by molar-refractivity contribution is -0.00427. The number of rotatable bonds is 3. The summed E-state index contributed by atoms with van der Waals surface area (Å²) in [5.41, 5.74) is -0.703. The fraction of sp³-hybridized carbons (Fsp3) is 1.00. The Morgan fingerprint density at radius 3 is 2.23 bits per heavy atom. The van der Waals surface area contributed by atoms with Gasteiger partial charge in [-0.15, -0.1) is 0 Å². The maximum Gasteiger partial charge on any atom is 0.265 e. The summed E-state index contributed by atoms with van der Waals surface area (Å²) in [5, 5.41) is 9.07. The molecule has 0 aromatic rings. The highest BCUT2D eigenvalue weighted by atomic mass is 32.2. The number of ether oxygens (including phenoxy) is 1. The molecule has 2 N–H and O–H groups in total. The van der Waals surface area contributed by atoms with Gasteiger partial charge >= 0.3 is 0 Å². The molecule has 0 spiro atoms. The molecule has 0 bridgehead atoms. The van der Waals surface area contributed by atoms with Crippen LogP contribution in [-0.4, -0.2) is 43.7 Å². The van der Waals surface area contributed by atoms with E-state index in [0.717, 1.165) is 0 Å². The van der Waals surface area contributed by atoms with E-state index in [1.807, 2.05) is 0 Å². The van der Waals surface area contributed by atoms with Crippen LogP contribution in [0.1, 0.15) is 12.8 Å². The van der Waals surface area contributed by atoms with E-state index in [0.29, 0.717) is 26.1 Å². The van der Waals surface area contributed by atoms with Crippen LogP contribution in [0.15, 0.2) is 0 Å². The van der Waals surface area contributed by atoms with E-state index in [-0.39, 0.29) is 12.4 Å². The second-order valence-electron chi connectivity index (χ2n) is 3.50. The molecule has 78 valence electrons. The van der Waals surface area contributed by atoms with Crippen molar-refractivity contribution >= 4 is 10.1 Å². The van der Waals surface area contributed by atoms with Crippen molar-refractivity contribution < 1.29 is 22.8 Å². The number of aliphatic hydroxyl groups is 1. The normalized spacial score (nSPS) is 22.9. The van der Waals surface area contributed by atoms with Gasteiger partial charge in [0.05, 0.1) is 5.75 Å². The predicted molar refractivity (Wildman–Crippen MR) is 46.0 cm³/mol. The zero-order valence-corrected chi connectivity index (χ0v) is 8.09. The fourth-order valence-corrected chi connectivity index (χ4v) is 2.69. The molecule has 1 heterocycles. The van der Waals surface area contributed by atoms with Crippen molar-refractivity contribution in [2.75, 3.05) is 25.6 Å². The van der Waals surface area contributed by atoms with Crippen LogP contribution in [0, 0.1) is 5.41 Å². The van der Waals surface area contributed by atoms with Crippen LogP contribution in [0.5, 0.6) is 0 Å². The number of aliphatic hydroxyl groups excluding tert-OH is 1. The van der Waals surface area contributed by atoms with Gasteiger partial charge in [-0.25, -0.2) is 0 Å². The molecule has 13 heavy (non-hydrogen) atoms. The average Bonchev–Trinajstić information content (AvgIpc) is 2.03. The Kier molecular flexibility index (Phi) is 3.28. The molecule has 1 aliphatic rings. The lowest BCUT2D eigenvalue weighted by Gasteiger charge is -2.34. The molecule has 1 rings (SSSR count). The maximum atomic E-state index is 10.7. The van der Waals surface area contributed by atoms with Gasteiger partial charge in [0.1, 0.15) is 0 Å². The van der Waals surface area contributed by atoms with E-state index in [1.165, 1.54) is 0 Å². The quantitative estimate of drug-likeness (QED) is 0.623. The summed E-state index contributed by atoms with van der Waals surface area (Å²) in [4.78, 5) is 0. The van der Waals surface area contributed by atoms with Gasteiger partial charge in [0.2, 0.25) is 0 Å². The van der Waals surface area contributed by atoms with Crippen molar-refractivity contribution in [1.82, 2.24) is 0 Å². The summed E-state index contributed by atoms with van der Waals surface area (Å²) in [6.45, 7) is 0.655. The van der Waals surface area contributed by atoms with E-state index in [2.05, 4.69) is 0 Å². The first kappa shape index (κ1) is 10.9. The monoisotopic (exact) mass is 210 g/mol. The van der Waals surface area contributed by atoms with Gasteiger partial charge in [-0.05, 0) is 12.8 Å². The lowest BCUT2D eigenvalue weighted by atomic mass is 9.83. The topological polar surface area (TPSA) is 83.8 Å². The lowest BCUT2D eigenvalue weighted by Crippen LogP contribution is -2.39. The summed E-state index contributed by atoms with van der Waals surface area (Å²) >= 11 is 0. The highest BCUT2D eigenvalue weighted by Crippen LogP contribution is 2.31. The largest absolute Gasteiger partial charge is 0.396 e. The molecule has 0 saturated carbocycles. The zero-order valence-electron chi connectivity index (χ0n) is 7.27. The van der Waals surface area contributed by atoms with E-state index >= 15 is 0 Å². The van der Waals surface area contributed by atoms with Crippen LogP contribution < -0.4 is 0 Å². The predicted octanol–water partition coefficient (Wildman–Crippen LogP) is -0.337. The minimum absolute atomic E-state index is 0.226. The third kappa shape index (κ3) is 3.22. The van der Waals surface area contributed by atoms with Crippen LogP contribution in [0.25, 0.3) is 0 Å². The average molecular weight is 210 g/mol. The number of hydrogen-bond donors (Lipinski definition) is 2. The molecule has 0 aliphatic carbocycles. The van der Waals surface area contributed by atoms with E-state index in [9.17, 15) is 8.42 Å². The zero-order chi connectivity index (χ0) is 9.95. The Bertz CT molecular complexity index is 252. The van der Waals surface area contributed by atoms with Crippen molar-refractivity contribution in [3.63, 3.8) is 0 Å². The Morgan fingerprint density at radius 1 is 1.31 bits per heavy atom. The molecule has 1 aliphatic heterocycles. The van der Waals surface area contributed by atoms with Crippen molar-refractivity contribution in [3.05, 3.63) is 0 Å². The molecule has 6 heteroatoms. The molecule has 0 aromatic heterocycles. The third-order valence-electron chi connectivity index (χ3n) is 2.38. The molecule has 0 amide bonds. The van der Waals surface area contributed by atoms with Crippen molar-refractivity contribution in [2.24, 2.45) is 5.41 Å². The summed E-state index contributed by atoms with van der Waals surface area (Å²) in [5.74, 6) is -0.375. The van der Waals surface area contributed by atoms with Gasteiger partial charge in [-0.1, -0.05) is 0 Å². The Labute approximate surface area is 77.5 Å². The first-order valence-electron chi connectivity index (χ1n) is 4.11. The van der Waals surface area contributed by atoms with Gasteiger partial charge in [-0.3, -0.25) is 4.55 Å². The van der Waals surface area contributed by atoms with Gasteiger partial charge < -0.3 is 9.84 Å². The molecule has 5 nitrogen and oxygen atoms in total. The van der Waals surface area contributed by atoms with Gasteiger partial charge in [0.15, 0.2) is 0 Å². The number of hydrogen-bond acceptors (Lipinski definition) is 4. The molecule has 1 saturated heterocycles. The highest BCUT2D eigenvalue weighted by molar-refractivity contribution is 7.85. The van der Waals surface area contributed by atoms with Crippen LogP contribution in [0.4, 0.5) is 0 Å². The SMILES string of the molecule is O=S(=O)(O)CC1(CO)CCOCC1. The van der Waals surface area contributed by atoms with E-state index in [4.69, 9.17) is 14.4 Å². The van der Waals surface area contributed by atoms with E-state index < -0.39 is 15.5 Å². The molecule has 1 fully saturated rings. The standard InChI is InChI=1S/C7H14O5S/c8-5-7(6-13(9,10)11)1-3-12-4-2-7/h8H,1-6H2,(H,9,10,11). The summed E-state index contributed by atoms with van der Waals surface area (Å²) in [6.07, 6.45) is 0.951. The second kappa shape index (κ2) is 3.91. The van der Waals surface area contributed by atoms with Gasteiger partial charge in [0, 0.05) is 25.2 Å². The van der Waals surface area contributed by atoms with Gasteiger partial charge in [0.25, 0.3) is 10.1 Å². The summed E-state index contributed by atoms with van der Waals surface area (Å²) in [6, 6.07) is 0. The van der Waals surface area contributed by atoms with Crippen LogP contribution in [0.3, 0.4) is 0 Å². The second-order valence-corrected chi connectivity index (χ2v) is 4.95. The first-order valence-corrected chi connectivity index (χ1v) is 5.72. The van der Waals surface area contributed by atoms with Crippen molar-refractivity contribution in [3.8, 4) is 0 Å². The Balaban J connectivity index is 2.68. The maximum absolute atomic E-state index is 10.7. The Hall–Kier alpha value is -0.170. The summed E-state index contributed by atoms with van der Waals surface area (Å²) < 4.78 is 35.1. The molecule has 0 aromatic carbocycles.